The number of likely N-dealkylation sites (tertiary alicyclic amines) is 1. The Bertz CT molecular complexity index is 907. The largest absolute Gasteiger partial charge is 0.354 e. The van der Waals surface area contributed by atoms with E-state index in [0.717, 1.165) is 42.6 Å². The van der Waals surface area contributed by atoms with Crippen molar-refractivity contribution < 1.29 is 4.79 Å². The average Bonchev–Trinajstić information content (AvgIpc) is 2.62. The summed E-state index contributed by atoms with van der Waals surface area (Å²) in [5.41, 5.74) is -0.733. The van der Waals surface area contributed by atoms with Crippen LogP contribution in [0.3, 0.4) is 0 Å². The molecule has 2 N–H and O–H groups in total. The minimum atomic E-state index is -0.369. The molecule has 2 atom stereocenters. The molecule has 0 aliphatic carbocycles. The number of hydrogen-bond acceptors (Lipinski definition) is 4. The van der Waals surface area contributed by atoms with Crippen LogP contribution < -0.4 is 16.4 Å². The van der Waals surface area contributed by atoms with Crippen LogP contribution in [-0.2, 0) is 11.3 Å². The number of H-pyrrole nitrogens is 1. The molecule has 0 bridgehead atoms. The third-order valence-electron chi connectivity index (χ3n) is 5.10. The fraction of sp³-hybridized carbons (Fsp3) is 0.550. The van der Waals surface area contributed by atoms with Crippen LogP contribution in [0.25, 0.3) is 10.8 Å². The van der Waals surface area contributed by atoms with Gasteiger partial charge in [-0.1, -0.05) is 26.0 Å². The highest BCUT2D eigenvalue weighted by atomic mass is 16.2. The summed E-state index contributed by atoms with van der Waals surface area (Å²) in [5, 5.41) is 5.98. The topological polar surface area (TPSA) is 87.2 Å². The molecule has 7 nitrogen and oxygen atoms in total. The number of aromatic nitrogens is 2. The van der Waals surface area contributed by atoms with Gasteiger partial charge >= 0.3 is 0 Å². The van der Waals surface area contributed by atoms with Gasteiger partial charge in [-0.25, -0.2) is 4.68 Å². The molecule has 7 heteroatoms. The lowest BCUT2D eigenvalue weighted by molar-refractivity contribution is -0.121. The molecule has 2 unspecified atom stereocenters. The third-order valence-corrected chi connectivity index (χ3v) is 5.10. The molecule has 3 rings (SSSR count). The van der Waals surface area contributed by atoms with Gasteiger partial charge in [0.15, 0.2) is 0 Å². The van der Waals surface area contributed by atoms with E-state index in [1.165, 1.54) is 6.42 Å². The van der Waals surface area contributed by atoms with Crippen LogP contribution in [0.4, 0.5) is 0 Å². The van der Waals surface area contributed by atoms with E-state index in [9.17, 15) is 14.4 Å². The van der Waals surface area contributed by atoms with Crippen molar-refractivity contribution in [2.45, 2.75) is 33.2 Å². The number of amides is 1. The van der Waals surface area contributed by atoms with Gasteiger partial charge in [-0.15, -0.1) is 0 Å². The van der Waals surface area contributed by atoms with Crippen LogP contribution in [-0.4, -0.2) is 46.8 Å². The Morgan fingerprint density at radius 3 is 2.52 bits per heavy atom. The molecule has 1 saturated heterocycles. The van der Waals surface area contributed by atoms with Crippen molar-refractivity contribution in [1.82, 2.24) is 20.0 Å². The van der Waals surface area contributed by atoms with Gasteiger partial charge in [0.1, 0.15) is 6.54 Å². The van der Waals surface area contributed by atoms with E-state index in [-0.39, 0.29) is 23.6 Å². The lowest BCUT2D eigenvalue weighted by atomic mass is 9.92. The van der Waals surface area contributed by atoms with E-state index in [2.05, 4.69) is 29.2 Å². The second-order valence-electron chi connectivity index (χ2n) is 7.79. The average molecular weight is 372 g/mol. The molecule has 2 aromatic rings. The van der Waals surface area contributed by atoms with Crippen molar-refractivity contribution in [2.24, 2.45) is 11.8 Å². The Labute approximate surface area is 158 Å². The molecular weight excluding hydrogens is 344 g/mol. The summed E-state index contributed by atoms with van der Waals surface area (Å²) < 4.78 is 1.08. The Hall–Kier alpha value is -2.41. The molecule has 1 amide bonds. The first kappa shape index (κ1) is 19.4. The molecule has 146 valence electrons. The zero-order chi connectivity index (χ0) is 19.4. The number of rotatable bonds is 6. The molecule has 27 heavy (non-hydrogen) atoms. The van der Waals surface area contributed by atoms with Crippen molar-refractivity contribution in [3.05, 3.63) is 45.0 Å². The summed E-state index contributed by atoms with van der Waals surface area (Å²) in [4.78, 5) is 39.1. The smallest absolute Gasteiger partial charge is 0.273 e. The van der Waals surface area contributed by atoms with Crippen molar-refractivity contribution in [3.63, 3.8) is 0 Å². The highest BCUT2D eigenvalue weighted by Crippen LogP contribution is 2.20. The summed E-state index contributed by atoms with van der Waals surface area (Å²) in [6.45, 7) is 8.14. The van der Waals surface area contributed by atoms with Gasteiger partial charge in [-0.2, -0.15) is 0 Å². The van der Waals surface area contributed by atoms with Crippen LogP contribution in [0.5, 0.6) is 0 Å². The SMILES string of the molecule is CC1CC(C)CN(CCCNC(=O)Cn2[nH]c(=O)c3ccccc3c2=O)C1. The number of nitrogens with one attached hydrogen (secondary N) is 2. The molecule has 1 aromatic carbocycles. The predicted molar refractivity (Wildman–Crippen MR) is 106 cm³/mol. The molecular formula is C20H28N4O3. The van der Waals surface area contributed by atoms with Crippen LogP contribution in [0.2, 0.25) is 0 Å². The number of benzene rings is 1. The molecule has 1 aromatic heterocycles. The van der Waals surface area contributed by atoms with Gasteiger partial charge in [-0.3, -0.25) is 19.5 Å². The molecule has 1 fully saturated rings. The van der Waals surface area contributed by atoms with Crippen LogP contribution >= 0.6 is 0 Å². The normalized spacial score (nSPS) is 20.7. The van der Waals surface area contributed by atoms with Gasteiger partial charge in [0.05, 0.1) is 10.8 Å². The Morgan fingerprint density at radius 1 is 1.15 bits per heavy atom. The number of piperidine rings is 1. The second-order valence-corrected chi connectivity index (χ2v) is 7.79. The molecule has 2 heterocycles. The van der Waals surface area contributed by atoms with Crippen LogP contribution in [0, 0.1) is 11.8 Å². The first-order valence-electron chi connectivity index (χ1n) is 9.65. The van der Waals surface area contributed by atoms with E-state index in [4.69, 9.17) is 0 Å². The number of carbonyl (C=O) groups excluding carboxylic acids is 1. The van der Waals surface area contributed by atoms with Gasteiger partial charge in [0, 0.05) is 19.6 Å². The number of hydrogen-bond donors (Lipinski definition) is 2. The highest BCUT2D eigenvalue weighted by Gasteiger charge is 2.21. The Morgan fingerprint density at radius 2 is 1.81 bits per heavy atom. The van der Waals surface area contributed by atoms with E-state index in [1.54, 1.807) is 24.3 Å². The van der Waals surface area contributed by atoms with Crippen molar-refractivity contribution in [3.8, 4) is 0 Å². The summed E-state index contributed by atoms with van der Waals surface area (Å²) >= 11 is 0. The fourth-order valence-corrected chi connectivity index (χ4v) is 4.06. The van der Waals surface area contributed by atoms with Gasteiger partial charge in [0.25, 0.3) is 11.1 Å². The summed E-state index contributed by atoms with van der Waals surface area (Å²) in [6.07, 6.45) is 2.15. The van der Waals surface area contributed by atoms with Gasteiger partial charge in [-0.05, 0) is 43.4 Å². The molecule has 0 spiro atoms. The number of nitrogens with zero attached hydrogens (tertiary/aromatic N) is 2. The summed E-state index contributed by atoms with van der Waals surface area (Å²) in [7, 11) is 0. The second kappa shape index (κ2) is 8.52. The molecule has 1 aliphatic rings. The lowest BCUT2D eigenvalue weighted by Gasteiger charge is -2.34. The Balaban J connectivity index is 1.51. The monoisotopic (exact) mass is 372 g/mol. The van der Waals surface area contributed by atoms with E-state index in [1.807, 2.05) is 0 Å². The quantitative estimate of drug-likeness (QED) is 0.746. The van der Waals surface area contributed by atoms with Gasteiger partial charge < -0.3 is 10.2 Å². The first-order valence-corrected chi connectivity index (χ1v) is 9.65. The number of fused-ring (bicyclic) bond motifs is 1. The molecule has 0 radical (unpaired) electrons. The Kier molecular flexibility index (Phi) is 6.11. The first-order chi connectivity index (χ1) is 12.9. The third kappa shape index (κ3) is 4.86. The van der Waals surface area contributed by atoms with E-state index < -0.39 is 0 Å². The minimum Gasteiger partial charge on any atom is -0.354 e. The van der Waals surface area contributed by atoms with E-state index in [0.29, 0.717) is 17.3 Å². The van der Waals surface area contributed by atoms with Crippen LogP contribution in [0.15, 0.2) is 33.9 Å². The molecule has 0 saturated carbocycles. The summed E-state index contributed by atoms with van der Waals surface area (Å²) in [5.74, 6) is 1.17. The van der Waals surface area contributed by atoms with Crippen molar-refractivity contribution in [1.29, 1.82) is 0 Å². The highest BCUT2D eigenvalue weighted by molar-refractivity contribution is 5.81. The zero-order valence-corrected chi connectivity index (χ0v) is 16.0. The van der Waals surface area contributed by atoms with Crippen molar-refractivity contribution >= 4 is 16.7 Å². The van der Waals surface area contributed by atoms with Crippen molar-refractivity contribution in [2.75, 3.05) is 26.2 Å². The number of aromatic amines is 1. The van der Waals surface area contributed by atoms with E-state index >= 15 is 0 Å². The fourth-order valence-electron chi connectivity index (χ4n) is 4.06. The maximum Gasteiger partial charge on any atom is 0.273 e. The zero-order valence-electron chi connectivity index (χ0n) is 16.0. The lowest BCUT2D eigenvalue weighted by Crippen LogP contribution is -2.41. The molecule has 1 aliphatic heterocycles. The van der Waals surface area contributed by atoms with Crippen LogP contribution in [0.1, 0.15) is 26.7 Å². The standard InChI is InChI=1S/C20H28N4O3/c1-14-10-15(2)12-23(11-14)9-5-8-21-18(25)13-24-20(27)17-7-4-3-6-16(17)19(26)22-24/h3-4,6-7,14-15H,5,8-13H2,1-2H3,(H,21,25)(H,22,26). The maximum absolute atomic E-state index is 12.4. The maximum atomic E-state index is 12.4. The number of carbonyl (C=O) groups is 1. The van der Waals surface area contributed by atoms with Gasteiger partial charge in [0.2, 0.25) is 5.91 Å². The minimum absolute atomic E-state index is 0.184. The predicted octanol–water partition coefficient (Wildman–Crippen LogP) is 1.17. The summed E-state index contributed by atoms with van der Waals surface area (Å²) in [6, 6.07) is 6.61.